The fourth-order valence-corrected chi connectivity index (χ4v) is 2.79. The number of nitrogens with two attached hydrogens (primary N) is 2. The van der Waals surface area contributed by atoms with Crippen LogP contribution in [0.2, 0.25) is 0 Å². The van der Waals surface area contributed by atoms with Gasteiger partial charge in [-0.3, -0.25) is 14.4 Å². The molecule has 0 aliphatic rings. The molecular weight excluding hydrogens is 438 g/mol. The Balaban J connectivity index is -0.000000600. The second kappa shape index (κ2) is 28.2. The van der Waals surface area contributed by atoms with Crippen LogP contribution in [0.4, 0.5) is 0 Å². The van der Waals surface area contributed by atoms with Crippen LogP contribution in [0.1, 0.15) is 144 Å². The smallest absolute Gasteiger partial charge is 0.251 e. The van der Waals surface area contributed by atoms with Crippen LogP contribution in [-0.2, 0) is 0 Å². The summed E-state index contributed by atoms with van der Waals surface area (Å²) in [5, 5.41) is 2.72. The highest BCUT2D eigenvalue weighted by molar-refractivity contribution is 6.05. The molecule has 0 unspecified atom stereocenters. The van der Waals surface area contributed by atoms with Gasteiger partial charge in [0.05, 0.1) is 0 Å². The molecule has 0 saturated carbocycles. The minimum Gasteiger partial charge on any atom is -0.352 e. The van der Waals surface area contributed by atoms with E-state index in [4.69, 9.17) is 11.5 Å². The molecule has 0 aliphatic carbocycles. The number of amides is 1. The molecule has 0 saturated heterocycles. The van der Waals surface area contributed by atoms with Gasteiger partial charge < -0.3 is 16.8 Å². The molecule has 1 amide bonds. The number of Topliss-reactive ketones (excluding diaryl/α,β-unsaturated/α-hetero) is 2. The Bertz CT molecular complexity index is 645. The van der Waals surface area contributed by atoms with Crippen molar-refractivity contribution in [3.05, 3.63) is 34.9 Å². The van der Waals surface area contributed by atoms with E-state index >= 15 is 0 Å². The third-order valence-corrected chi connectivity index (χ3v) is 4.83. The first-order valence-electron chi connectivity index (χ1n) is 13.7. The molecule has 1 aromatic rings. The van der Waals surface area contributed by atoms with Crippen molar-refractivity contribution in [1.29, 1.82) is 0 Å². The van der Waals surface area contributed by atoms with Gasteiger partial charge in [-0.1, -0.05) is 80.1 Å². The highest BCUT2D eigenvalue weighted by Gasteiger charge is 2.14. The minimum absolute atomic E-state index is 0.0587. The SMILES string of the molecule is CC.CCCC(=O)c1cc(C(C)=O)cc(C(=O)NCCCN)c1.CCCCCC.CCCCCN. The average molecular weight is 494 g/mol. The van der Waals surface area contributed by atoms with Gasteiger partial charge in [0.2, 0.25) is 0 Å². The van der Waals surface area contributed by atoms with E-state index in [0.717, 1.165) is 13.0 Å². The zero-order valence-corrected chi connectivity index (χ0v) is 23.8. The molecule has 5 N–H and O–H groups in total. The lowest BCUT2D eigenvalue weighted by Gasteiger charge is -2.08. The van der Waals surface area contributed by atoms with Crippen LogP contribution in [0, 0.1) is 0 Å². The molecule has 0 radical (unpaired) electrons. The zero-order chi connectivity index (χ0) is 27.5. The van der Waals surface area contributed by atoms with Crippen molar-refractivity contribution in [3.63, 3.8) is 0 Å². The molecule has 0 heterocycles. The Morgan fingerprint density at radius 3 is 1.54 bits per heavy atom. The third kappa shape index (κ3) is 22.2. The summed E-state index contributed by atoms with van der Waals surface area (Å²) in [7, 11) is 0. The molecule has 0 bridgehead atoms. The van der Waals surface area contributed by atoms with Gasteiger partial charge >= 0.3 is 0 Å². The molecule has 35 heavy (non-hydrogen) atoms. The van der Waals surface area contributed by atoms with Crippen LogP contribution in [0.15, 0.2) is 18.2 Å². The topological polar surface area (TPSA) is 115 Å². The number of unbranched alkanes of at least 4 members (excludes halogenated alkanes) is 5. The highest BCUT2D eigenvalue weighted by Crippen LogP contribution is 2.14. The summed E-state index contributed by atoms with van der Waals surface area (Å²) in [5.41, 5.74) is 11.7. The fourth-order valence-electron chi connectivity index (χ4n) is 2.79. The van der Waals surface area contributed by atoms with Gasteiger partial charge in [0, 0.05) is 29.7 Å². The van der Waals surface area contributed by atoms with E-state index < -0.39 is 0 Å². The maximum Gasteiger partial charge on any atom is 0.251 e. The normalized spacial score (nSPS) is 9.40. The number of carbonyl (C=O) groups is 3. The van der Waals surface area contributed by atoms with Gasteiger partial charge in [0.25, 0.3) is 5.91 Å². The van der Waals surface area contributed by atoms with Crippen molar-refractivity contribution < 1.29 is 14.4 Å². The molecule has 0 spiro atoms. The average Bonchev–Trinajstić information content (AvgIpc) is 2.88. The van der Waals surface area contributed by atoms with Crippen LogP contribution >= 0.6 is 0 Å². The standard InChI is InChI=1S/C16H22N2O3.C6H14.C5H13N.C2H6/c1-3-5-15(20)13-8-12(11(2)19)9-14(10-13)16(21)18-7-4-6-17;1-3-5-6-4-2;1-2-3-4-5-6;1-2/h8-10H,3-7,17H2,1-2H3,(H,18,21);3-6H2,1-2H3;2-6H2,1H3;1-2H3. The lowest BCUT2D eigenvalue weighted by molar-refractivity contribution is 0.0953. The molecular formula is C29H55N3O3. The number of hydrogen-bond donors (Lipinski definition) is 3. The van der Waals surface area contributed by atoms with Gasteiger partial charge in [-0.15, -0.1) is 0 Å². The van der Waals surface area contributed by atoms with Gasteiger partial charge in [-0.2, -0.15) is 0 Å². The Morgan fingerprint density at radius 2 is 1.14 bits per heavy atom. The van der Waals surface area contributed by atoms with Crippen LogP contribution in [0.25, 0.3) is 0 Å². The molecule has 1 aromatic carbocycles. The Hall–Kier alpha value is -2.05. The van der Waals surface area contributed by atoms with Gasteiger partial charge in [0.15, 0.2) is 11.6 Å². The van der Waals surface area contributed by atoms with E-state index in [1.165, 1.54) is 57.9 Å². The molecule has 0 fully saturated rings. The summed E-state index contributed by atoms with van der Waals surface area (Å²) in [6, 6.07) is 4.61. The van der Waals surface area contributed by atoms with Crippen LogP contribution in [0.3, 0.4) is 0 Å². The minimum atomic E-state index is -0.294. The maximum atomic E-state index is 12.1. The first-order chi connectivity index (χ1) is 16.8. The van der Waals surface area contributed by atoms with E-state index in [9.17, 15) is 14.4 Å². The summed E-state index contributed by atoms with van der Waals surface area (Å²) in [4.78, 5) is 35.6. The molecule has 6 heteroatoms. The molecule has 1 rings (SSSR count). The van der Waals surface area contributed by atoms with Crippen LogP contribution in [-0.4, -0.2) is 37.1 Å². The number of hydrogen-bond acceptors (Lipinski definition) is 5. The fraction of sp³-hybridized carbons (Fsp3) is 0.690. The van der Waals surface area contributed by atoms with Gasteiger partial charge in [-0.05, 0) is 57.5 Å². The summed E-state index contributed by atoms with van der Waals surface area (Å²) in [6.45, 7) is 15.8. The Kier molecular flexibility index (Phi) is 30.2. The predicted octanol–water partition coefficient (Wildman–Crippen LogP) is 6.70. The largest absolute Gasteiger partial charge is 0.352 e. The highest BCUT2D eigenvalue weighted by atomic mass is 16.2. The number of benzene rings is 1. The van der Waals surface area contributed by atoms with Crippen molar-refractivity contribution in [2.75, 3.05) is 19.6 Å². The second-order valence-electron chi connectivity index (χ2n) is 8.13. The van der Waals surface area contributed by atoms with E-state index in [1.807, 2.05) is 20.8 Å². The van der Waals surface area contributed by atoms with Crippen LogP contribution < -0.4 is 16.8 Å². The van der Waals surface area contributed by atoms with Crippen molar-refractivity contribution >= 4 is 17.5 Å². The molecule has 0 aliphatic heterocycles. The van der Waals surface area contributed by atoms with E-state index in [0.29, 0.717) is 42.6 Å². The second-order valence-corrected chi connectivity index (χ2v) is 8.13. The number of nitrogens with one attached hydrogen (secondary N) is 1. The Morgan fingerprint density at radius 1 is 0.686 bits per heavy atom. The van der Waals surface area contributed by atoms with Gasteiger partial charge in [-0.25, -0.2) is 0 Å². The summed E-state index contributed by atoms with van der Waals surface area (Å²) >= 11 is 0. The zero-order valence-electron chi connectivity index (χ0n) is 23.8. The van der Waals surface area contributed by atoms with E-state index in [-0.39, 0.29) is 17.5 Å². The third-order valence-electron chi connectivity index (χ3n) is 4.83. The van der Waals surface area contributed by atoms with E-state index in [2.05, 4.69) is 26.1 Å². The van der Waals surface area contributed by atoms with Crippen molar-refractivity contribution in [3.8, 4) is 0 Å². The quantitative estimate of drug-likeness (QED) is 0.197. The molecule has 0 aromatic heterocycles. The number of rotatable bonds is 14. The lowest BCUT2D eigenvalue weighted by Crippen LogP contribution is -2.26. The summed E-state index contributed by atoms with van der Waals surface area (Å²) in [5.74, 6) is -0.522. The van der Waals surface area contributed by atoms with Crippen molar-refractivity contribution in [2.24, 2.45) is 11.5 Å². The molecule has 6 nitrogen and oxygen atoms in total. The molecule has 204 valence electrons. The first kappa shape index (κ1) is 37.5. The van der Waals surface area contributed by atoms with Crippen molar-refractivity contribution in [2.45, 2.75) is 113 Å². The van der Waals surface area contributed by atoms with Gasteiger partial charge in [0.1, 0.15) is 0 Å². The first-order valence-corrected chi connectivity index (χ1v) is 13.7. The predicted molar refractivity (Wildman–Crippen MR) is 151 cm³/mol. The Labute approximate surface area is 216 Å². The maximum absolute atomic E-state index is 12.1. The number of ketones is 2. The lowest BCUT2D eigenvalue weighted by atomic mass is 9.98. The summed E-state index contributed by atoms with van der Waals surface area (Å²) < 4.78 is 0. The van der Waals surface area contributed by atoms with Crippen molar-refractivity contribution in [1.82, 2.24) is 5.32 Å². The monoisotopic (exact) mass is 493 g/mol. The van der Waals surface area contributed by atoms with E-state index in [1.54, 1.807) is 12.1 Å². The number of carbonyl (C=O) groups excluding carboxylic acids is 3. The summed E-state index contributed by atoms with van der Waals surface area (Å²) in [6.07, 6.45) is 11.1. The molecule has 0 atom stereocenters. The van der Waals surface area contributed by atoms with Crippen LogP contribution in [0.5, 0.6) is 0 Å².